The second-order valence-electron chi connectivity index (χ2n) is 6.08. The molecule has 0 aliphatic carbocycles. The number of rotatable bonds is 6. The van der Waals surface area contributed by atoms with Crippen LogP contribution in [0.1, 0.15) is 22.3 Å². The first-order valence-corrected chi connectivity index (χ1v) is 9.06. The van der Waals surface area contributed by atoms with Crippen LogP contribution in [0.5, 0.6) is 0 Å². The predicted octanol–water partition coefficient (Wildman–Crippen LogP) is 4.19. The second kappa shape index (κ2) is 8.72. The summed E-state index contributed by atoms with van der Waals surface area (Å²) in [6.07, 6.45) is 0. The van der Waals surface area contributed by atoms with Crippen molar-refractivity contribution in [2.75, 3.05) is 17.7 Å². The van der Waals surface area contributed by atoms with Crippen molar-refractivity contribution in [3.8, 4) is 0 Å². The smallest absolute Gasteiger partial charge is 0.316 e. The molecule has 0 fully saturated rings. The van der Waals surface area contributed by atoms with E-state index in [1.807, 2.05) is 58.0 Å². The molecule has 0 aliphatic rings. The first kappa shape index (κ1) is 19.1. The molecule has 4 nitrogen and oxygen atoms in total. The van der Waals surface area contributed by atoms with Gasteiger partial charge in [0.1, 0.15) is 0 Å². The third-order valence-corrected chi connectivity index (χ3v) is 4.85. The lowest BCUT2D eigenvalue weighted by Crippen LogP contribution is -2.22. The van der Waals surface area contributed by atoms with E-state index in [4.69, 9.17) is 4.74 Å². The number of benzene rings is 2. The summed E-state index contributed by atoms with van der Waals surface area (Å²) >= 11 is 1.42. The molecule has 1 N–H and O–H groups in total. The monoisotopic (exact) mass is 357 g/mol. The number of ether oxygens (including phenoxy) is 1. The van der Waals surface area contributed by atoms with Gasteiger partial charge in [0, 0.05) is 10.6 Å². The average molecular weight is 357 g/mol. The zero-order valence-corrected chi connectivity index (χ0v) is 15.8. The fourth-order valence-electron chi connectivity index (χ4n) is 2.43. The van der Waals surface area contributed by atoms with E-state index >= 15 is 0 Å². The van der Waals surface area contributed by atoms with Crippen LogP contribution in [0.4, 0.5) is 5.69 Å². The van der Waals surface area contributed by atoms with Crippen LogP contribution in [0.2, 0.25) is 0 Å². The van der Waals surface area contributed by atoms with Crippen LogP contribution >= 0.6 is 11.8 Å². The van der Waals surface area contributed by atoms with Crippen LogP contribution in [0.3, 0.4) is 0 Å². The van der Waals surface area contributed by atoms with Gasteiger partial charge in [-0.1, -0.05) is 35.4 Å². The van der Waals surface area contributed by atoms with Crippen LogP contribution in [-0.2, 0) is 14.3 Å². The number of hydrogen-bond acceptors (Lipinski definition) is 4. The fourth-order valence-corrected chi connectivity index (χ4v) is 3.23. The second-order valence-corrected chi connectivity index (χ2v) is 7.10. The van der Waals surface area contributed by atoms with Crippen LogP contribution in [0, 0.1) is 27.7 Å². The van der Waals surface area contributed by atoms with Gasteiger partial charge in [0.15, 0.2) is 6.61 Å². The lowest BCUT2D eigenvalue weighted by Gasteiger charge is -2.10. The third kappa shape index (κ3) is 5.94. The SMILES string of the molecule is Cc1ccc(NC(=O)COC(=O)CSc2ccc(C)cc2C)c(C)c1. The molecule has 2 aromatic carbocycles. The van der Waals surface area contributed by atoms with Crippen LogP contribution in [0.25, 0.3) is 0 Å². The number of carbonyl (C=O) groups is 2. The molecule has 0 heterocycles. The lowest BCUT2D eigenvalue weighted by atomic mass is 10.1. The number of esters is 1. The van der Waals surface area contributed by atoms with E-state index in [1.165, 1.54) is 17.3 Å². The Morgan fingerprint density at radius 2 is 1.60 bits per heavy atom. The Bertz CT molecular complexity index is 787. The van der Waals surface area contributed by atoms with Gasteiger partial charge in [-0.05, 0) is 51.0 Å². The van der Waals surface area contributed by atoms with Crippen molar-refractivity contribution >= 4 is 29.3 Å². The number of amides is 1. The summed E-state index contributed by atoms with van der Waals surface area (Å²) in [7, 11) is 0. The largest absolute Gasteiger partial charge is 0.455 e. The normalized spacial score (nSPS) is 10.4. The minimum atomic E-state index is -0.402. The van der Waals surface area contributed by atoms with Crippen molar-refractivity contribution in [2.45, 2.75) is 32.6 Å². The maximum Gasteiger partial charge on any atom is 0.316 e. The molecule has 0 atom stereocenters. The number of hydrogen-bond donors (Lipinski definition) is 1. The van der Waals surface area contributed by atoms with Gasteiger partial charge in [-0.3, -0.25) is 9.59 Å². The van der Waals surface area contributed by atoms with Gasteiger partial charge in [-0.15, -0.1) is 11.8 Å². The van der Waals surface area contributed by atoms with E-state index in [0.29, 0.717) is 0 Å². The summed E-state index contributed by atoms with van der Waals surface area (Å²) < 4.78 is 5.05. The minimum Gasteiger partial charge on any atom is -0.455 e. The van der Waals surface area contributed by atoms with E-state index in [-0.39, 0.29) is 18.3 Å². The molecule has 2 aromatic rings. The topological polar surface area (TPSA) is 55.4 Å². The molecule has 0 bridgehead atoms. The molecule has 0 saturated heterocycles. The van der Waals surface area contributed by atoms with Crippen LogP contribution in [0.15, 0.2) is 41.3 Å². The van der Waals surface area contributed by atoms with Gasteiger partial charge in [0.05, 0.1) is 5.75 Å². The molecule has 0 saturated carbocycles. The number of anilines is 1. The predicted molar refractivity (Wildman–Crippen MR) is 102 cm³/mol. The molecule has 0 spiro atoms. The Morgan fingerprint density at radius 3 is 2.24 bits per heavy atom. The highest BCUT2D eigenvalue weighted by Crippen LogP contribution is 2.23. The molecule has 132 valence electrons. The summed E-state index contributed by atoms with van der Waals surface area (Å²) in [6, 6.07) is 11.8. The van der Waals surface area contributed by atoms with Gasteiger partial charge in [0.25, 0.3) is 5.91 Å². The quantitative estimate of drug-likeness (QED) is 0.622. The first-order chi connectivity index (χ1) is 11.8. The van der Waals surface area contributed by atoms with E-state index in [0.717, 1.165) is 27.3 Å². The van der Waals surface area contributed by atoms with Crippen molar-refractivity contribution in [2.24, 2.45) is 0 Å². The molecule has 1 amide bonds. The molecular formula is C20H23NO3S. The Labute approximate surface area is 153 Å². The Hall–Kier alpha value is -2.27. The molecule has 25 heavy (non-hydrogen) atoms. The number of carbonyl (C=O) groups excluding carboxylic acids is 2. The highest BCUT2D eigenvalue weighted by molar-refractivity contribution is 8.00. The van der Waals surface area contributed by atoms with Crippen molar-refractivity contribution in [3.05, 3.63) is 58.7 Å². The average Bonchev–Trinajstić information content (AvgIpc) is 2.55. The maximum atomic E-state index is 11.9. The van der Waals surface area contributed by atoms with Crippen molar-refractivity contribution in [3.63, 3.8) is 0 Å². The van der Waals surface area contributed by atoms with Gasteiger partial charge in [-0.25, -0.2) is 0 Å². The summed E-state index contributed by atoms with van der Waals surface area (Å²) in [5.41, 5.74) is 5.16. The lowest BCUT2D eigenvalue weighted by molar-refractivity contribution is -0.144. The van der Waals surface area contributed by atoms with Gasteiger partial charge >= 0.3 is 5.97 Å². The zero-order valence-electron chi connectivity index (χ0n) is 15.0. The minimum absolute atomic E-state index is 0.181. The summed E-state index contributed by atoms with van der Waals surface area (Å²) in [6.45, 7) is 7.69. The standard InChI is InChI=1S/C20H23NO3S/c1-13-5-7-17(15(3)9-13)21-19(22)11-24-20(23)12-25-18-8-6-14(2)10-16(18)4/h5-10H,11-12H2,1-4H3,(H,21,22). The fraction of sp³-hybridized carbons (Fsp3) is 0.300. The molecule has 5 heteroatoms. The third-order valence-electron chi connectivity index (χ3n) is 3.70. The summed E-state index contributed by atoms with van der Waals surface area (Å²) in [5.74, 6) is -0.557. The van der Waals surface area contributed by atoms with Crippen LogP contribution in [-0.4, -0.2) is 24.2 Å². The first-order valence-electron chi connectivity index (χ1n) is 8.08. The number of nitrogens with one attached hydrogen (secondary N) is 1. The summed E-state index contributed by atoms with van der Waals surface area (Å²) in [5, 5.41) is 2.76. The maximum absolute atomic E-state index is 11.9. The number of thioether (sulfide) groups is 1. The Balaban J connectivity index is 1.78. The van der Waals surface area contributed by atoms with Gasteiger partial charge in [0.2, 0.25) is 0 Å². The van der Waals surface area contributed by atoms with Crippen molar-refractivity contribution in [1.82, 2.24) is 0 Å². The molecule has 2 rings (SSSR count). The summed E-state index contributed by atoms with van der Waals surface area (Å²) in [4.78, 5) is 24.8. The van der Waals surface area contributed by atoms with E-state index in [1.54, 1.807) is 0 Å². The van der Waals surface area contributed by atoms with E-state index in [2.05, 4.69) is 11.4 Å². The van der Waals surface area contributed by atoms with Crippen molar-refractivity contribution < 1.29 is 14.3 Å². The molecule has 0 aliphatic heterocycles. The zero-order chi connectivity index (χ0) is 18.4. The van der Waals surface area contributed by atoms with E-state index < -0.39 is 5.97 Å². The van der Waals surface area contributed by atoms with Crippen molar-refractivity contribution in [1.29, 1.82) is 0 Å². The molecular weight excluding hydrogens is 334 g/mol. The Morgan fingerprint density at radius 1 is 0.960 bits per heavy atom. The molecule has 0 radical (unpaired) electrons. The van der Waals surface area contributed by atoms with E-state index in [9.17, 15) is 9.59 Å². The van der Waals surface area contributed by atoms with Crippen LogP contribution < -0.4 is 5.32 Å². The number of aryl methyl sites for hydroxylation is 4. The molecule has 0 unspecified atom stereocenters. The van der Waals surface area contributed by atoms with Gasteiger partial charge < -0.3 is 10.1 Å². The highest BCUT2D eigenvalue weighted by Gasteiger charge is 2.10. The Kier molecular flexibility index (Phi) is 6.65. The molecule has 0 aromatic heterocycles. The van der Waals surface area contributed by atoms with Gasteiger partial charge in [-0.2, -0.15) is 0 Å². The highest BCUT2D eigenvalue weighted by atomic mass is 32.2.